The molecule has 0 unspecified atom stereocenters. The van der Waals surface area contributed by atoms with Crippen molar-refractivity contribution in [3.8, 4) is 39.3 Å². The first-order chi connectivity index (χ1) is 31.7. The van der Waals surface area contributed by atoms with Crippen molar-refractivity contribution in [3.05, 3.63) is 224 Å². The van der Waals surface area contributed by atoms with Crippen LogP contribution in [-0.2, 0) is 0 Å². The molecule has 0 saturated carbocycles. The summed E-state index contributed by atoms with van der Waals surface area (Å²) in [6, 6.07) is 81.5. The Morgan fingerprint density at radius 1 is 0.219 bits per heavy atom. The maximum absolute atomic E-state index is 6.54. The molecular weight excluding hydrogens is 779 g/mol. The van der Waals surface area contributed by atoms with Crippen molar-refractivity contribution in [1.82, 2.24) is 13.7 Å². The van der Waals surface area contributed by atoms with E-state index in [0.29, 0.717) is 0 Å². The van der Waals surface area contributed by atoms with Crippen molar-refractivity contribution in [2.45, 2.75) is 0 Å². The molecule has 0 bridgehead atoms. The van der Waals surface area contributed by atoms with Crippen LogP contribution in [0.4, 0.5) is 0 Å². The summed E-state index contributed by atoms with van der Waals surface area (Å²) in [6.45, 7) is 0. The molecule has 0 aliphatic rings. The highest BCUT2D eigenvalue weighted by molar-refractivity contribution is 6.14. The van der Waals surface area contributed by atoms with Gasteiger partial charge in [-0.3, -0.25) is 0 Å². The highest BCUT2D eigenvalue weighted by atomic mass is 16.3. The maximum atomic E-state index is 6.54. The van der Waals surface area contributed by atoms with Gasteiger partial charge in [0, 0.05) is 60.2 Å². The van der Waals surface area contributed by atoms with Gasteiger partial charge in [-0.05, 0) is 125 Å². The van der Waals surface area contributed by atoms with Gasteiger partial charge in [0.15, 0.2) is 0 Å². The lowest BCUT2D eigenvalue weighted by molar-refractivity contribution is 0.669. The lowest BCUT2D eigenvalue weighted by Crippen LogP contribution is -1.94. The van der Waals surface area contributed by atoms with E-state index in [2.05, 4.69) is 238 Å². The van der Waals surface area contributed by atoms with E-state index in [4.69, 9.17) is 4.42 Å². The van der Waals surface area contributed by atoms with Crippen LogP contribution in [0.15, 0.2) is 229 Å². The Morgan fingerprint density at radius 2 is 0.578 bits per heavy atom. The fraction of sp³-hybridized carbons (Fsp3) is 0. The summed E-state index contributed by atoms with van der Waals surface area (Å²) in [4.78, 5) is 0. The summed E-state index contributed by atoms with van der Waals surface area (Å²) in [5, 5.41) is 9.60. The molecule has 4 aromatic heterocycles. The quantitative estimate of drug-likeness (QED) is 0.170. The number of hydrogen-bond donors (Lipinski definition) is 0. The van der Waals surface area contributed by atoms with E-state index in [9.17, 15) is 0 Å². The Bertz CT molecular complexity index is 4180. The van der Waals surface area contributed by atoms with E-state index < -0.39 is 0 Å². The predicted octanol–water partition coefficient (Wildman–Crippen LogP) is 16.2. The highest BCUT2D eigenvalue weighted by Gasteiger charge is 2.19. The van der Waals surface area contributed by atoms with Crippen LogP contribution in [0.2, 0.25) is 0 Å². The number of benzene rings is 10. The summed E-state index contributed by atoms with van der Waals surface area (Å²) in [5.74, 6) is 0. The van der Waals surface area contributed by atoms with E-state index in [1.807, 2.05) is 0 Å². The minimum atomic E-state index is 0.873. The topological polar surface area (TPSA) is 27.9 Å². The molecule has 14 aromatic rings. The van der Waals surface area contributed by atoms with E-state index in [1.54, 1.807) is 0 Å². The smallest absolute Gasteiger partial charge is 0.135 e. The Kier molecular flexibility index (Phi) is 7.36. The lowest BCUT2D eigenvalue weighted by atomic mass is 10.0. The van der Waals surface area contributed by atoms with Crippen LogP contribution < -0.4 is 0 Å². The summed E-state index contributed by atoms with van der Waals surface area (Å²) in [7, 11) is 0. The van der Waals surface area contributed by atoms with Crippen LogP contribution >= 0.6 is 0 Å². The standard InChI is InChI=1S/C60H37N3O/c1-3-13-38(14-4-1)39-23-28-57-48(33-39)46-18-8-11-21-54(46)62(57)43-26-31-59-51(36-43)52-37-44(27-32-60(52)64-59)63-55-22-12-9-19-47(55)50-35-41(25-30-58(50)63)40-24-29-56-49(34-40)45-17-7-10-20-53(45)61(56)42-15-5-2-6-16-42/h1-37H. The van der Waals surface area contributed by atoms with Crippen LogP contribution in [0.5, 0.6) is 0 Å². The normalized spacial score (nSPS) is 12.1. The molecule has 0 spiro atoms. The lowest BCUT2D eigenvalue weighted by Gasteiger charge is -2.10. The maximum Gasteiger partial charge on any atom is 0.135 e. The molecular formula is C60H37N3O. The number of fused-ring (bicyclic) bond motifs is 12. The number of furan rings is 1. The fourth-order valence-electron chi connectivity index (χ4n) is 10.5. The molecule has 0 aliphatic carbocycles. The second-order valence-corrected chi connectivity index (χ2v) is 16.9. The van der Waals surface area contributed by atoms with Gasteiger partial charge < -0.3 is 18.1 Å². The van der Waals surface area contributed by atoms with Crippen LogP contribution in [0.3, 0.4) is 0 Å². The van der Waals surface area contributed by atoms with Gasteiger partial charge in [-0.15, -0.1) is 0 Å². The van der Waals surface area contributed by atoms with Crippen LogP contribution in [0.1, 0.15) is 0 Å². The summed E-state index contributed by atoms with van der Waals surface area (Å²) in [6.07, 6.45) is 0. The van der Waals surface area contributed by atoms with Crippen LogP contribution in [0.25, 0.3) is 127 Å². The van der Waals surface area contributed by atoms with Gasteiger partial charge in [0.05, 0.1) is 33.1 Å². The third-order valence-corrected chi connectivity index (χ3v) is 13.4. The van der Waals surface area contributed by atoms with Gasteiger partial charge in [0.1, 0.15) is 11.2 Å². The van der Waals surface area contributed by atoms with Crippen molar-refractivity contribution >= 4 is 87.4 Å². The van der Waals surface area contributed by atoms with Gasteiger partial charge >= 0.3 is 0 Å². The molecule has 0 N–H and O–H groups in total. The van der Waals surface area contributed by atoms with E-state index in [-0.39, 0.29) is 0 Å². The van der Waals surface area contributed by atoms with Crippen molar-refractivity contribution in [2.24, 2.45) is 0 Å². The minimum Gasteiger partial charge on any atom is -0.456 e. The van der Waals surface area contributed by atoms with Gasteiger partial charge in [-0.2, -0.15) is 0 Å². The first-order valence-electron chi connectivity index (χ1n) is 21.9. The van der Waals surface area contributed by atoms with Crippen molar-refractivity contribution in [3.63, 3.8) is 0 Å². The Morgan fingerprint density at radius 3 is 1.03 bits per heavy atom. The molecule has 4 heteroatoms. The van der Waals surface area contributed by atoms with Gasteiger partial charge in [0.25, 0.3) is 0 Å². The first kappa shape index (κ1) is 35.0. The van der Waals surface area contributed by atoms with Gasteiger partial charge in [0.2, 0.25) is 0 Å². The fourth-order valence-corrected chi connectivity index (χ4v) is 10.5. The van der Waals surface area contributed by atoms with Crippen LogP contribution in [-0.4, -0.2) is 13.7 Å². The van der Waals surface area contributed by atoms with Gasteiger partial charge in [-0.1, -0.05) is 121 Å². The van der Waals surface area contributed by atoms with E-state index in [0.717, 1.165) is 33.3 Å². The van der Waals surface area contributed by atoms with Gasteiger partial charge in [-0.25, -0.2) is 0 Å². The minimum absolute atomic E-state index is 0.873. The third kappa shape index (κ3) is 5.11. The zero-order valence-electron chi connectivity index (χ0n) is 34.6. The predicted molar refractivity (Wildman–Crippen MR) is 268 cm³/mol. The molecule has 0 fully saturated rings. The number of aromatic nitrogens is 3. The third-order valence-electron chi connectivity index (χ3n) is 13.4. The zero-order valence-corrected chi connectivity index (χ0v) is 34.6. The van der Waals surface area contributed by atoms with Crippen LogP contribution in [0, 0.1) is 0 Å². The number of hydrogen-bond acceptors (Lipinski definition) is 1. The average Bonchev–Trinajstić information content (AvgIpc) is 4.10. The largest absolute Gasteiger partial charge is 0.456 e. The Labute approximate surface area is 367 Å². The first-order valence-corrected chi connectivity index (χ1v) is 21.9. The van der Waals surface area contributed by atoms with Crippen molar-refractivity contribution < 1.29 is 4.42 Å². The molecule has 10 aromatic carbocycles. The molecule has 0 amide bonds. The molecule has 0 atom stereocenters. The molecule has 298 valence electrons. The molecule has 4 nitrogen and oxygen atoms in total. The molecule has 0 saturated heterocycles. The van der Waals surface area contributed by atoms with E-state index >= 15 is 0 Å². The Balaban J connectivity index is 0.907. The summed E-state index contributed by atoms with van der Waals surface area (Å²) in [5.41, 5.74) is 17.0. The SMILES string of the molecule is c1ccc(-c2ccc3c(c2)c2ccccc2n3-c2ccc3oc4ccc(-n5c6ccccc6c6cc(-c7ccc8c(c7)c7ccccc7n8-c7ccccc7)ccc65)cc4c3c2)cc1. The van der Waals surface area contributed by atoms with E-state index in [1.165, 1.54) is 93.4 Å². The second-order valence-electron chi connectivity index (χ2n) is 16.9. The Hall–Kier alpha value is -8.60. The average molecular weight is 816 g/mol. The molecule has 14 rings (SSSR count). The molecule has 4 heterocycles. The number of rotatable bonds is 5. The molecule has 0 radical (unpaired) electrons. The summed E-state index contributed by atoms with van der Waals surface area (Å²) >= 11 is 0. The highest BCUT2D eigenvalue weighted by Crippen LogP contribution is 2.41. The molecule has 0 aliphatic heterocycles. The summed E-state index contributed by atoms with van der Waals surface area (Å²) < 4.78 is 13.7. The number of para-hydroxylation sites is 4. The van der Waals surface area contributed by atoms with Crippen molar-refractivity contribution in [1.29, 1.82) is 0 Å². The zero-order chi connectivity index (χ0) is 41.9. The van der Waals surface area contributed by atoms with Crippen molar-refractivity contribution in [2.75, 3.05) is 0 Å². The second kappa shape index (κ2) is 13.4. The number of nitrogens with zero attached hydrogens (tertiary/aromatic N) is 3. The molecule has 64 heavy (non-hydrogen) atoms. The monoisotopic (exact) mass is 815 g/mol.